The van der Waals surface area contributed by atoms with Gasteiger partial charge in [0.25, 0.3) is 0 Å². The number of benzene rings is 1. The molecule has 0 bridgehead atoms. The molecule has 0 atom stereocenters. The second kappa shape index (κ2) is 7.56. The molecule has 2 aromatic rings. The molecule has 9 heteroatoms. The van der Waals surface area contributed by atoms with Gasteiger partial charge in [0.1, 0.15) is 0 Å². The molecule has 1 aromatic carbocycles. The Balaban J connectivity index is 1.46. The van der Waals surface area contributed by atoms with E-state index < -0.39 is 11.7 Å². The standard InChI is InChI=1S/C19H21F3N4O2/c20-19(21,22)14-4-2-13(3-5-14)18-15-12-25(9-6-16(15)23-24-18)17(27)7-10-26-8-1-11-28-26/h2-5H,1,6-12H2,(H,23,24). The van der Waals surface area contributed by atoms with Crippen LogP contribution in [0.2, 0.25) is 0 Å². The van der Waals surface area contributed by atoms with E-state index in [1.54, 1.807) is 4.90 Å². The van der Waals surface area contributed by atoms with E-state index in [0.29, 0.717) is 50.3 Å². The van der Waals surface area contributed by atoms with Crippen LogP contribution in [-0.4, -0.2) is 52.3 Å². The van der Waals surface area contributed by atoms with Crippen molar-refractivity contribution in [3.63, 3.8) is 0 Å². The van der Waals surface area contributed by atoms with E-state index in [1.807, 2.05) is 5.06 Å². The first-order valence-corrected chi connectivity index (χ1v) is 9.31. The zero-order valence-electron chi connectivity index (χ0n) is 15.3. The van der Waals surface area contributed by atoms with E-state index in [1.165, 1.54) is 12.1 Å². The number of alkyl halides is 3. The monoisotopic (exact) mass is 394 g/mol. The van der Waals surface area contributed by atoms with Gasteiger partial charge in [-0.2, -0.15) is 23.3 Å². The minimum absolute atomic E-state index is 0.0423. The summed E-state index contributed by atoms with van der Waals surface area (Å²) in [5.74, 6) is 0.0423. The van der Waals surface area contributed by atoms with Crippen LogP contribution in [0.4, 0.5) is 13.2 Å². The lowest BCUT2D eigenvalue weighted by atomic mass is 10.00. The molecule has 0 radical (unpaired) electrons. The number of aromatic amines is 1. The molecule has 0 aliphatic carbocycles. The van der Waals surface area contributed by atoms with Gasteiger partial charge in [-0.3, -0.25) is 14.7 Å². The SMILES string of the molecule is O=C(CCN1CCCO1)N1CCc2[nH]nc(-c3ccc(C(F)(F)F)cc3)c2C1. The number of nitrogens with zero attached hydrogens (tertiary/aromatic N) is 3. The van der Waals surface area contributed by atoms with Crippen LogP contribution >= 0.6 is 0 Å². The maximum atomic E-state index is 12.8. The molecule has 0 spiro atoms. The van der Waals surface area contributed by atoms with Gasteiger partial charge in [-0.15, -0.1) is 0 Å². The highest BCUT2D eigenvalue weighted by Crippen LogP contribution is 2.33. The Labute approximate surface area is 160 Å². The van der Waals surface area contributed by atoms with Crippen molar-refractivity contribution in [3.05, 3.63) is 41.1 Å². The lowest BCUT2D eigenvalue weighted by Crippen LogP contribution is -2.37. The van der Waals surface area contributed by atoms with Crippen molar-refractivity contribution in [2.45, 2.75) is 32.0 Å². The Morgan fingerprint density at radius 3 is 2.68 bits per heavy atom. The highest BCUT2D eigenvalue weighted by atomic mass is 19.4. The first-order valence-electron chi connectivity index (χ1n) is 9.31. The Hall–Kier alpha value is -2.39. The molecule has 3 heterocycles. The lowest BCUT2D eigenvalue weighted by molar-refractivity contribution is -0.139. The average molecular weight is 394 g/mol. The topological polar surface area (TPSA) is 61.5 Å². The summed E-state index contributed by atoms with van der Waals surface area (Å²) in [7, 11) is 0. The summed E-state index contributed by atoms with van der Waals surface area (Å²) in [5.41, 5.74) is 2.31. The maximum Gasteiger partial charge on any atom is 0.416 e. The molecule has 2 aliphatic heterocycles. The summed E-state index contributed by atoms with van der Waals surface area (Å²) in [5, 5.41) is 9.08. The predicted octanol–water partition coefficient (Wildman–Crippen LogP) is 3.01. The van der Waals surface area contributed by atoms with Crippen molar-refractivity contribution in [1.29, 1.82) is 0 Å². The van der Waals surface area contributed by atoms with Crippen molar-refractivity contribution in [1.82, 2.24) is 20.2 Å². The van der Waals surface area contributed by atoms with Crippen LogP contribution in [0.5, 0.6) is 0 Å². The van der Waals surface area contributed by atoms with Crippen LogP contribution in [0.15, 0.2) is 24.3 Å². The predicted molar refractivity (Wildman–Crippen MR) is 94.9 cm³/mol. The van der Waals surface area contributed by atoms with Gasteiger partial charge in [0, 0.05) is 55.8 Å². The third kappa shape index (κ3) is 3.90. The fourth-order valence-corrected chi connectivity index (χ4v) is 3.62. The molecule has 1 N–H and O–H groups in total. The van der Waals surface area contributed by atoms with Gasteiger partial charge in [-0.05, 0) is 18.6 Å². The number of hydrogen-bond donors (Lipinski definition) is 1. The molecule has 2 aliphatic rings. The van der Waals surface area contributed by atoms with Gasteiger partial charge in [0.05, 0.1) is 17.9 Å². The minimum atomic E-state index is -4.37. The van der Waals surface area contributed by atoms with E-state index in [2.05, 4.69) is 10.2 Å². The number of nitrogens with one attached hydrogen (secondary N) is 1. The van der Waals surface area contributed by atoms with Crippen LogP contribution in [0.25, 0.3) is 11.3 Å². The molecular formula is C19H21F3N4O2. The van der Waals surface area contributed by atoms with Gasteiger partial charge in [0.2, 0.25) is 5.91 Å². The highest BCUT2D eigenvalue weighted by molar-refractivity contribution is 5.77. The zero-order chi connectivity index (χ0) is 19.7. The molecule has 28 heavy (non-hydrogen) atoms. The number of fused-ring (bicyclic) bond motifs is 1. The van der Waals surface area contributed by atoms with E-state index in [4.69, 9.17) is 4.84 Å². The molecule has 1 aromatic heterocycles. The number of carbonyl (C=O) groups is 1. The molecule has 1 fully saturated rings. The van der Waals surface area contributed by atoms with Crippen LogP contribution in [0.1, 0.15) is 29.7 Å². The largest absolute Gasteiger partial charge is 0.416 e. The highest BCUT2D eigenvalue weighted by Gasteiger charge is 2.31. The van der Waals surface area contributed by atoms with Crippen molar-refractivity contribution < 1.29 is 22.8 Å². The summed E-state index contributed by atoms with van der Waals surface area (Å²) < 4.78 is 38.3. The first kappa shape index (κ1) is 18.9. The normalized spacial score (nSPS) is 17.8. The Morgan fingerprint density at radius 2 is 2.00 bits per heavy atom. The number of H-pyrrole nitrogens is 1. The number of hydrogen-bond acceptors (Lipinski definition) is 4. The van der Waals surface area contributed by atoms with Crippen molar-refractivity contribution in [3.8, 4) is 11.3 Å². The van der Waals surface area contributed by atoms with Gasteiger partial charge in [-0.1, -0.05) is 12.1 Å². The summed E-state index contributed by atoms with van der Waals surface area (Å²) in [6, 6.07) is 4.95. The summed E-state index contributed by atoms with van der Waals surface area (Å²) >= 11 is 0. The van der Waals surface area contributed by atoms with Crippen LogP contribution in [0.3, 0.4) is 0 Å². The van der Waals surface area contributed by atoms with Crippen LogP contribution in [-0.2, 0) is 28.8 Å². The molecule has 1 saturated heterocycles. The van der Waals surface area contributed by atoms with E-state index in [0.717, 1.165) is 36.4 Å². The molecule has 0 saturated carbocycles. The van der Waals surface area contributed by atoms with E-state index in [-0.39, 0.29) is 5.91 Å². The number of rotatable bonds is 4. The van der Waals surface area contributed by atoms with Gasteiger partial charge < -0.3 is 4.90 Å². The average Bonchev–Trinajstić information content (AvgIpc) is 3.34. The van der Waals surface area contributed by atoms with Gasteiger partial charge in [-0.25, -0.2) is 0 Å². The number of amides is 1. The third-order valence-electron chi connectivity index (χ3n) is 5.17. The fraction of sp³-hybridized carbons (Fsp3) is 0.474. The first-order chi connectivity index (χ1) is 13.4. The maximum absolute atomic E-state index is 12.8. The Morgan fingerprint density at radius 1 is 1.21 bits per heavy atom. The Kier molecular flexibility index (Phi) is 5.11. The third-order valence-corrected chi connectivity index (χ3v) is 5.17. The second-order valence-electron chi connectivity index (χ2n) is 7.04. The second-order valence-corrected chi connectivity index (χ2v) is 7.04. The zero-order valence-corrected chi connectivity index (χ0v) is 15.3. The molecular weight excluding hydrogens is 373 g/mol. The van der Waals surface area contributed by atoms with Gasteiger partial charge >= 0.3 is 6.18 Å². The van der Waals surface area contributed by atoms with Crippen molar-refractivity contribution in [2.24, 2.45) is 0 Å². The van der Waals surface area contributed by atoms with E-state index in [9.17, 15) is 18.0 Å². The molecule has 6 nitrogen and oxygen atoms in total. The fourth-order valence-electron chi connectivity index (χ4n) is 3.62. The quantitative estimate of drug-likeness (QED) is 0.866. The summed E-state index contributed by atoms with van der Waals surface area (Å²) in [4.78, 5) is 19.8. The summed E-state index contributed by atoms with van der Waals surface area (Å²) in [6.07, 6.45) is -2.36. The molecule has 0 unspecified atom stereocenters. The van der Waals surface area contributed by atoms with Crippen molar-refractivity contribution >= 4 is 5.91 Å². The van der Waals surface area contributed by atoms with Crippen molar-refractivity contribution in [2.75, 3.05) is 26.2 Å². The summed E-state index contributed by atoms with van der Waals surface area (Å²) in [6.45, 7) is 3.12. The Bertz CT molecular complexity index is 842. The number of carbonyl (C=O) groups excluding carboxylic acids is 1. The number of aromatic nitrogens is 2. The number of halogens is 3. The molecule has 4 rings (SSSR count). The number of hydroxylamine groups is 2. The molecule has 1 amide bonds. The minimum Gasteiger partial charge on any atom is -0.338 e. The van der Waals surface area contributed by atoms with Crippen LogP contribution in [0, 0.1) is 0 Å². The van der Waals surface area contributed by atoms with Crippen LogP contribution < -0.4 is 0 Å². The lowest BCUT2D eigenvalue weighted by Gasteiger charge is -2.28. The molecule has 150 valence electrons. The van der Waals surface area contributed by atoms with E-state index >= 15 is 0 Å². The smallest absolute Gasteiger partial charge is 0.338 e. The van der Waals surface area contributed by atoms with Gasteiger partial charge in [0.15, 0.2) is 0 Å².